The minimum atomic E-state index is -0.311. The molecule has 1 aromatic carbocycles. The largest absolute Gasteiger partial charge is 0.461 e. The van der Waals surface area contributed by atoms with Gasteiger partial charge in [-0.15, -0.1) is 0 Å². The van der Waals surface area contributed by atoms with Crippen LogP contribution in [-0.2, 0) is 4.74 Å². The van der Waals surface area contributed by atoms with Crippen LogP contribution in [0.25, 0.3) is 0 Å². The molecular weight excluding hydrogens is 274 g/mol. The molecule has 0 aliphatic heterocycles. The van der Waals surface area contributed by atoms with Gasteiger partial charge in [0.05, 0.1) is 5.56 Å². The number of anilines is 1. The Kier molecular flexibility index (Phi) is 6.41. The van der Waals surface area contributed by atoms with Gasteiger partial charge in [-0.25, -0.2) is 4.79 Å². The number of likely N-dealkylation sites (N-methyl/N-ethyl adjacent to an activating group) is 1. The molecule has 0 amide bonds. The second-order valence-corrected chi connectivity index (χ2v) is 5.23. The number of nitrogens with zero attached hydrogens (tertiary/aromatic N) is 2. The topological polar surface area (TPSA) is 44.8 Å². The smallest absolute Gasteiger partial charge is 0.338 e. The van der Waals surface area contributed by atoms with Gasteiger partial charge in [0.2, 0.25) is 0 Å². The van der Waals surface area contributed by atoms with Crippen molar-refractivity contribution >= 4 is 29.0 Å². The summed E-state index contributed by atoms with van der Waals surface area (Å²) in [5, 5.41) is 3.68. The van der Waals surface area contributed by atoms with Crippen LogP contribution in [0, 0.1) is 0 Å². The number of esters is 1. The first-order valence-corrected chi connectivity index (χ1v) is 6.71. The predicted octanol–water partition coefficient (Wildman–Crippen LogP) is 1.66. The fraction of sp³-hybridized carbons (Fsp3) is 0.429. The molecule has 0 bridgehead atoms. The van der Waals surface area contributed by atoms with E-state index in [1.165, 1.54) is 0 Å². The average molecular weight is 295 g/mol. The number of hydrogen-bond acceptors (Lipinski definition) is 4. The van der Waals surface area contributed by atoms with Gasteiger partial charge in [0, 0.05) is 26.3 Å². The number of rotatable bonds is 5. The Morgan fingerprint density at radius 3 is 2.30 bits per heavy atom. The Morgan fingerprint density at radius 2 is 1.80 bits per heavy atom. The van der Waals surface area contributed by atoms with Gasteiger partial charge in [-0.1, -0.05) is 0 Å². The normalized spacial score (nSPS) is 10.2. The zero-order chi connectivity index (χ0) is 15.1. The number of carbonyl (C=O) groups is 1. The molecule has 0 fully saturated rings. The molecule has 0 heterocycles. The fourth-order valence-corrected chi connectivity index (χ4v) is 1.45. The number of hydrogen-bond donors (Lipinski definition) is 1. The minimum absolute atomic E-state index is 0.311. The van der Waals surface area contributed by atoms with E-state index in [-0.39, 0.29) is 5.97 Å². The van der Waals surface area contributed by atoms with Crippen molar-refractivity contribution in [2.75, 3.05) is 46.7 Å². The molecule has 20 heavy (non-hydrogen) atoms. The number of benzene rings is 1. The van der Waals surface area contributed by atoms with Crippen molar-refractivity contribution in [2.45, 2.75) is 0 Å². The van der Waals surface area contributed by atoms with E-state index in [0.29, 0.717) is 23.8 Å². The first-order chi connectivity index (χ1) is 9.40. The first-order valence-electron chi connectivity index (χ1n) is 6.30. The van der Waals surface area contributed by atoms with Crippen LogP contribution in [-0.4, -0.2) is 62.2 Å². The van der Waals surface area contributed by atoms with Crippen LogP contribution in [0.1, 0.15) is 10.4 Å². The quantitative estimate of drug-likeness (QED) is 0.658. The minimum Gasteiger partial charge on any atom is -0.461 e. The van der Waals surface area contributed by atoms with Crippen molar-refractivity contribution in [1.82, 2.24) is 9.80 Å². The standard InChI is InChI=1S/C14H21N3O2S/c1-16(2)9-10-19-13(18)11-5-7-12(8-6-11)15-14(20)17(3)4/h5-8H,9-10H2,1-4H3,(H,15,20). The highest BCUT2D eigenvalue weighted by atomic mass is 32.1. The third kappa shape index (κ3) is 5.54. The molecule has 0 radical (unpaired) electrons. The van der Waals surface area contributed by atoms with Gasteiger partial charge in [0.25, 0.3) is 0 Å². The lowest BCUT2D eigenvalue weighted by Gasteiger charge is -2.15. The van der Waals surface area contributed by atoms with Crippen LogP contribution >= 0.6 is 12.2 Å². The van der Waals surface area contributed by atoms with E-state index in [2.05, 4.69) is 5.32 Å². The van der Waals surface area contributed by atoms with E-state index in [4.69, 9.17) is 17.0 Å². The fourth-order valence-electron chi connectivity index (χ4n) is 1.33. The molecule has 5 nitrogen and oxygen atoms in total. The second-order valence-electron chi connectivity index (χ2n) is 4.84. The SMILES string of the molecule is CN(C)CCOC(=O)c1ccc(NC(=S)N(C)C)cc1. The molecule has 0 unspecified atom stereocenters. The van der Waals surface area contributed by atoms with Crippen LogP contribution in [0.15, 0.2) is 24.3 Å². The summed E-state index contributed by atoms with van der Waals surface area (Å²) in [6, 6.07) is 7.05. The second kappa shape index (κ2) is 7.81. The molecular formula is C14H21N3O2S. The van der Waals surface area contributed by atoms with E-state index in [1.54, 1.807) is 29.2 Å². The predicted molar refractivity (Wildman–Crippen MR) is 85.2 cm³/mol. The summed E-state index contributed by atoms with van der Waals surface area (Å²) in [5.41, 5.74) is 1.37. The van der Waals surface area contributed by atoms with Crippen molar-refractivity contribution in [3.8, 4) is 0 Å². The average Bonchev–Trinajstić information content (AvgIpc) is 2.38. The van der Waals surface area contributed by atoms with Gasteiger partial charge in [-0.05, 0) is 50.6 Å². The third-order valence-corrected chi connectivity index (χ3v) is 3.02. The third-order valence-electron chi connectivity index (χ3n) is 2.55. The summed E-state index contributed by atoms with van der Waals surface area (Å²) >= 11 is 5.14. The molecule has 1 N–H and O–H groups in total. The van der Waals surface area contributed by atoms with E-state index in [1.807, 2.05) is 33.1 Å². The molecule has 0 aliphatic rings. The van der Waals surface area contributed by atoms with E-state index < -0.39 is 0 Å². The molecule has 0 aromatic heterocycles. The van der Waals surface area contributed by atoms with Crippen molar-refractivity contribution in [3.05, 3.63) is 29.8 Å². The van der Waals surface area contributed by atoms with Crippen LogP contribution < -0.4 is 5.32 Å². The number of thiocarbonyl (C=S) groups is 1. The summed E-state index contributed by atoms with van der Waals surface area (Å²) in [4.78, 5) is 15.5. The molecule has 0 saturated carbocycles. The highest BCUT2D eigenvalue weighted by molar-refractivity contribution is 7.80. The van der Waals surface area contributed by atoms with Gasteiger partial charge in [-0.3, -0.25) is 0 Å². The molecule has 0 spiro atoms. The van der Waals surface area contributed by atoms with Crippen LogP contribution in [0.4, 0.5) is 5.69 Å². The van der Waals surface area contributed by atoms with E-state index in [0.717, 1.165) is 5.69 Å². The Hall–Kier alpha value is -1.66. The summed E-state index contributed by atoms with van der Waals surface area (Å²) < 4.78 is 5.16. The van der Waals surface area contributed by atoms with Crippen LogP contribution in [0.5, 0.6) is 0 Å². The number of ether oxygens (including phenoxy) is 1. The monoisotopic (exact) mass is 295 g/mol. The Bertz CT molecular complexity index is 458. The van der Waals surface area contributed by atoms with Crippen molar-refractivity contribution in [1.29, 1.82) is 0 Å². The zero-order valence-electron chi connectivity index (χ0n) is 12.3. The van der Waals surface area contributed by atoms with Crippen LogP contribution in [0.2, 0.25) is 0 Å². The lowest BCUT2D eigenvalue weighted by molar-refractivity contribution is 0.0482. The van der Waals surface area contributed by atoms with Crippen molar-refractivity contribution < 1.29 is 9.53 Å². The van der Waals surface area contributed by atoms with E-state index in [9.17, 15) is 4.79 Å². The Morgan fingerprint density at radius 1 is 1.20 bits per heavy atom. The maximum absolute atomic E-state index is 11.8. The Labute approximate surface area is 125 Å². The number of nitrogens with one attached hydrogen (secondary N) is 1. The lowest BCUT2D eigenvalue weighted by atomic mass is 10.2. The zero-order valence-corrected chi connectivity index (χ0v) is 13.2. The molecule has 1 rings (SSSR count). The lowest BCUT2D eigenvalue weighted by Crippen LogP contribution is -2.27. The van der Waals surface area contributed by atoms with Gasteiger partial charge in [0.1, 0.15) is 6.61 Å². The highest BCUT2D eigenvalue weighted by Gasteiger charge is 2.07. The van der Waals surface area contributed by atoms with Gasteiger partial charge in [-0.2, -0.15) is 0 Å². The molecule has 6 heteroatoms. The van der Waals surface area contributed by atoms with Crippen molar-refractivity contribution in [3.63, 3.8) is 0 Å². The van der Waals surface area contributed by atoms with Crippen LogP contribution in [0.3, 0.4) is 0 Å². The maximum Gasteiger partial charge on any atom is 0.338 e. The summed E-state index contributed by atoms with van der Waals surface area (Å²) in [6.45, 7) is 1.10. The molecule has 0 aliphatic carbocycles. The molecule has 0 atom stereocenters. The summed E-state index contributed by atoms with van der Waals surface area (Å²) in [6.07, 6.45) is 0. The van der Waals surface area contributed by atoms with Gasteiger partial charge in [0.15, 0.2) is 5.11 Å². The van der Waals surface area contributed by atoms with Crippen molar-refractivity contribution in [2.24, 2.45) is 0 Å². The summed E-state index contributed by atoms with van der Waals surface area (Å²) in [7, 11) is 7.60. The highest BCUT2D eigenvalue weighted by Crippen LogP contribution is 2.11. The van der Waals surface area contributed by atoms with Gasteiger partial charge >= 0.3 is 5.97 Å². The van der Waals surface area contributed by atoms with E-state index >= 15 is 0 Å². The number of carbonyl (C=O) groups excluding carboxylic acids is 1. The molecule has 110 valence electrons. The molecule has 1 aromatic rings. The van der Waals surface area contributed by atoms with Gasteiger partial charge < -0.3 is 19.9 Å². The first kappa shape index (κ1) is 16.4. The maximum atomic E-state index is 11.8. The molecule has 0 saturated heterocycles. The Balaban J connectivity index is 2.53. The summed E-state index contributed by atoms with van der Waals surface area (Å²) in [5.74, 6) is -0.311.